The first-order valence-electron chi connectivity index (χ1n) is 13.9. The monoisotopic (exact) mass is 607 g/mol. The SMILES string of the molecule is COc1ccc2c(CC(=O)N[C@@H](Cc3ccccc3)[C@H](O)CN(CC(C)C)S(=O)(=O)c3ccc(N)cc3)cc(=O)oc2c1. The zero-order valence-corrected chi connectivity index (χ0v) is 25.2. The van der Waals surface area contributed by atoms with E-state index in [4.69, 9.17) is 14.9 Å². The van der Waals surface area contributed by atoms with Crippen LogP contribution < -0.4 is 21.4 Å². The van der Waals surface area contributed by atoms with Crippen LogP contribution in [0.3, 0.4) is 0 Å². The summed E-state index contributed by atoms with van der Waals surface area (Å²) in [5, 5.41) is 14.9. The molecule has 1 aromatic heterocycles. The molecule has 0 saturated heterocycles. The fourth-order valence-corrected chi connectivity index (χ4v) is 6.49. The normalized spacial score (nSPS) is 13.3. The average molecular weight is 608 g/mol. The van der Waals surface area contributed by atoms with Crippen LogP contribution >= 0.6 is 0 Å². The number of carbonyl (C=O) groups is 1. The van der Waals surface area contributed by atoms with E-state index in [9.17, 15) is 23.1 Å². The predicted molar refractivity (Wildman–Crippen MR) is 165 cm³/mol. The maximum Gasteiger partial charge on any atom is 0.336 e. The third-order valence-corrected chi connectivity index (χ3v) is 8.82. The van der Waals surface area contributed by atoms with Gasteiger partial charge in [0.05, 0.1) is 30.6 Å². The highest BCUT2D eigenvalue weighted by Gasteiger charge is 2.31. The third kappa shape index (κ3) is 8.22. The van der Waals surface area contributed by atoms with E-state index < -0.39 is 33.7 Å². The van der Waals surface area contributed by atoms with Crippen molar-refractivity contribution in [2.24, 2.45) is 5.92 Å². The molecule has 0 fully saturated rings. The lowest BCUT2D eigenvalue weighted by atomic mass is 10.00. The standard InChI is InChI=1S/C32H37N3O7S/c1-21(2)19-35(43(39,40)26-12-9-24(33)10-13-26)20-29(36)28(15-22-7-5-4-6-8-22)34-31(37)16-23-17-32(38)42-30-18-25(41-3)11-14-27(23)30/h4-14,17-18,21,28-29,36H,15-16,19-20,33H2,1-3H3,(H,34,37)/t28-,29+/m0/s1. The molecule has 4 rings (SSSR count). The lowest BCUT2D eigenvalue weighted by Gasteiger charge is -2.31. The number of nitrogens with one attached hydrogen (secondary N) is 1. The molecule has 0 bridgehead atoms. The fraction of sp³-hybridized carbons (Fsp3) is 0.312. The van der Waals surface area contributed by atoms with Gasteiger partial charge in [0.25, 0.3) is 0 Å². The Hall–Kier alpha value is -4.19. The van der Waals surface area contributed by atoms with Gasteiger partial charge in [0, 0.05) is 36.3 Å². The topological polar surface area (TPSA) is 152 Å². The zero-order valence-electron chi connectivity index (χ0n) is 24.4. The van der Waals surface area contributed by atoms with Crippen LogP contribution in [-0.2, 0) is 27.7 Å². The molecular formula is C32H37N3O7S. The van der Waals surface area contributed by atoms with E-state index in [0.717, 1.165) is 5.56 Å². The number of benzene rings is 3. The number of rotatable bonds is 13. The fourth-order valence-electron chi connectivity index (χ4n) is 4.87. The molecule has 3 aromatic carbocycles. The highest BCUT2D eigenvalue weighted by Crippen LogP contribution is 2.24. The summed E-state index contributed by atoms with van der Waals surface area (Å²) in [5.74, 6) is 0.0253. The van der Waals surface area contributed by atoms with Gasteiger partial charge < -0.3 is 25.3 Å². The van der Waals surface area contributed by atoms with Gasteiger partial charge in [0.1, 0.15) is 11.3 Å². The first-order chi connectivity index (χ1) is 20.5. The van der Waals surface area contributed by atoms with Crippen LogP contribution in [0, 0.1) is 5.92 Å². The van der Waals surface area contributed by atoms with Crippen molar-refractivity contribution in [1.29, 1.82) is 0 Å². The summed E-state index contributed by atoms with van der Waals surface area (Å²) in [6.45, 7) is 3.68. The number of hydrogen-bond acceptors (Lipinski definition) is 8. The maximum absolute atomic E-state index is 13.6. The van der Waals surface area contributed by atoms with Crippen molar-refractivity contribution in [3.05, 3.63) is 100 Å². The number of sulfonamides is 1. The van der Waals surface area contributed by atoms with Crippen LogP contribution in [0.5, 0.6) is 5.75 Å². The first-order valence-corrected chi connectivity index (χ1v) is 15.4. The zero-order chi connectivity index (χ0) is 31.1. The Kier molecular flexibility index (Phi) is 10.2. The number of nitrogens with zero attached hydrogens (tertiary/aromatic N) is 1. The van der Waals surface area contributed by atoms with Crippen LogP contribution in [0.25, 0.3) is 11.0 Å². The molecule has 228 valence electrons. The number of ether oxygens (including phenoxy) is 1. The number of nitrogens with two attached hydrogens (primary N) is 1. The number of amides is 1. The Balaban J connectivity index is 1.60. The van der Waals surface area contributed by atoms with Crippen molar-refractivity contribution in [1.82, 2.24) is 9.62 Å². The molecule has 0 unspecified atom stereocenters. The van der Waals surface area contributed by atoms with Gasteiger partial charge in [-0.3, -0.25) is 4.79 Å². The van der Waals surface area contributed by atoms with Crippen LogP contribution in [0.4, 0.5) is 5.69 Å². The van der Waals surface area contributed by atoms with E-state index in [1.165, 1.54) is 41.7 Å². The van der Waals surface area contributed by atoms with Crippen LogP contribution in [0.2, 0.25) is 0 Å². The second-order valence-corrected chi connectivity index (χ2v) is 12.8. The van der Waals surface area contributed by atoms with Gasteiger partial charge in [-0.1, -0.05) is 44.2 Å². The first kappa shape index (κ1) is 31.7. The number of aliphatic hydroxyl groups is 1. The molecule has 0 spiro atoms. The molecule has 0 aliphatic heterocycles. The summed E-state index contributed by atoms with van der Waals surface area (Å²) in [6.07, 6.45) is -1.17. The van der Waals surface area contributed by atoms with E-state index in [-0.39, 0.29) is 42.3 Å². The molecule has 1 heterocycles. The van der Waals surface area contributed by atoms with Crippen LogP contribution in [-0.4, -0.2) is 56.1 Å². The molecule has 4 N–H and O–H groups in total. The Labute approximate surface area is 251 Å². The number of hydrogen-bond donors (Lipinski definition) is 3. The highest BCUT2D eigenvalue weighted by atomic mass is 32.2. The molecule has 11 heteroatoms. The second-order valence-electron chi connectivity index (χ2n) is 10.8. The van der Waals surface area contributed by atoms with Gasteiger partial charge >= 0.3 is 5.63 Å². The molecule has 0 aliphatic carbocycles. The smallest absolute Gasteiger partial charge is 0.336 e. The number of nitrogen functional groups attached to an aromatic ring is 1. The Morgan fingerprint density at radius 3 is 2.37 bits per heavy atom. The summed E-state index contributed by atoms with van der Waals surface area (Å²) in [5.41, 5.74) is 7.17. The highest BCUT2D eigenvalue weighted by molar-refractivity contribution is 7.89. The van der Waals surface area contributed by atoms with Gasteiger partial charge in [0.15, 0.2) is 0 Å². The quantitative estimate of drug-likeness (QED) is 0.155. The van der Waals surface area contributed by atoms with Crippen molar-refractivity contribution in [3.8, 4) is 5.75 Å². The number of fused-ring (bicyclic) bond motifs is 1. The van der Waals surface area contributed by atoms with Gasteiger partial charge in [-0.15, -0.1) is 0 Å². The predicted octanol–water partition coefficient (Wildman–Crippen LogP) is 3.36. The number of anilines is 1. The van der Waals surface area contributed by atoms with Crippen molar-refractivity contribution in [2.75, 3.05) is 25.9 Å². The molecular weight excluding hydrogens is 570 g/mol. The van der Waals surface area contributed by atoms with E-state index in [1.807, 2.05) is 44.2 Å². The van der Waals surface area contributed by atoms with Crippen molar-refractivity contribution >= 4 is 32.6 Å². The summed E-state index contributed by atoms with van der Waals surface area (Å²) in [7, 11) is -2.48. The third-order valence-electron chi connectivity index (χ3n) is 6.98. The van der Waals surface area contributed by atoms with Gasteiger partial charge in [0.2, 0.25) is 15.9 Å². The Morgan fingerprint density at radius 2 is 1.72 bits per heavy atom. The van der Waals surface area contributed by atoms with Gasteiger partial charge in [-0.25, -0.2) is 13.2 Å². The van der Waals surface area contributed by atoms with Crippen molar-refractivity contribution < 1.29 is 27.5 Å². The van der Waals surface area contributed by atoms with E-state index in [2.05, 4.69) is 5.32 Å². The lowest BCUT2D eigenvalue weighted by Crippen LogP contribution is -2.51. The van der Waals surface area contributed by atoms with Gasteiger partial charge in [-0.2, -0.15) is 4.31 Å². The summed E-state index contributed by atoms with van der Waals surface area (Å²) in [6, 6.07) is 20.6. The molecule has 0 aliphatic rings. The van der Waals surface area contributed by atoms with Gasteiger partial charge in [-0.05, 0) is 59.9 Å². The average Bonchev–Trinajstić information content (AvgIpc) is 2.96. The number of aliphatic hydroxyl groups excluding tert-OH is 1. The summed E-state index contributed by atoms with van der Waals surface area (Å²) in [4.78, 5) is 25.7. The largest absolute Gasteiger partial charge is 0.497 e. The maximum atomic E-state index is 13.6. The molecule has 43 heavy (non-hydrogen) atoms. The molecule has 1 amide bonds. The van der Waals surface area contributed by atoms with E-state index in [1.54, 1.807) is 18.2 Å². The summed E-state index contributed by atoms with van der Waals surface area (Å²) >= 11 is 0. The van der Waals surface area contributed by atoms with Crippen LogP contribution in [0.15, 0.2) is 93.0 Å². The Bertz CT molecular complexity index is 1710. The van der Waals surface area contributed by atoms with E-state index >= 15 is 0 Å². The molecule has 4 aromatic rings. The molecule has 10 nitrogen and oxygen atoms in total. The van der Waals surface area contributed by atoms with Crippen molar-refractivity contribution in [2.45, 2.75) is 43.7 Å². The number of carbonyl (C=O) groups excluding carboxylic acids is 1. The second kappa shape index (κ2) is 13.9. The Morgan fingerprint density at radius 1 is 1.02 bits per heavy atom. The molecule has 0 saturated carbocycles. The minimum Gasteiger partial charge on any atom is -0.497 e. The minimum atomic E-state index is -3.98. The lowest BCUT2D eigenvalue weighted by molar-refractivity contribution is -0.122. The minimum absolute atomic E-state index is 0.0328. The molecule has 0 radical (unpaired) electrons. The van der Waals surface area contributed by atoms with Crippen molar-refractivity contribution in [3.63, 3.8) is 0 Å². The number of methoxy groups -OCH3 is 1. The summed E-state index contributed by atoms with van der Waals surface area (Å²) < 4.78 is 38.9. The van der Waals surface area contributed by atoms with E-state index in [0.29, 0.717) is 22.4 Å². The van der Waals surface area contributed by atoms with Crippen LogP contribution in [0.1, 0.15) is 25.0 Å². The molecule has 2 atom stereocenters.